The maximum Gasteiger partial charge on any atom is 0.298 e. The van der Waals surface area contributed by atoms with E-state index >= 15 is 0 Å². The van der Waals surface area contributed by atoms with Crippen LogP contribution in [-0.2, 0) is 10.1 Å². The van der Waals surface area contributed by atoms with E-state index in [9.17, 15) is 23.6 Å². The highest BCUT2D eigenvalue weighted by Crippen LogP contribution is 2.35. The van der Waals surface area contributed by atoms with Crippen molar-refractivity contribution in [2.45, 2.75) is 4.90 Å². The summed E-state index contributed by atoms with van der Waals surface area (Å²) in [6, 6.07) is 9.05. The van der Waals surface area contributed by atoms with Crippen molar-refractivity contribution < 1.29 is 23.0 Å². The number of non-ortho nitro benzene ring substituents is 1. The minimum atomic E-state index is -4.54. The minimum Gasteiger partial charge on any atom is -0.506 e. The molecule has 0 aliphatic rings. The summed E-state index contributed by atoms with van der Waals surface area (Å²) in [5.41, 5.74) is 0.410. The average molecular weight is 295 g/mol. The van der Waals surface area contributed by atoms with Gasteiger partial charge in [-0.25, -0.2) is 0 Å². The molecule has 20 heavy (non-hydrogen) atoms. The molecule has 2 N–H and O–H groups in total. The molecule has 0 saturated carbocycles. The molecule has 0 aromatic heterocycles. The summed E-state index contributed by atoms with van der Waals surface area (Å²) in [6.45, 7) is 0. The van der Waals surface area contributed by atoms with Gasteiger partial charge in [-0.05, 0) is 23.8 Å². The lowest BCUT2D eigenvalue weighted by molar-refractivity contribution is -0.384. The quantitative estimate of drug-likeness (QED) is 0.509. The topological polar surface area (TPSA) is 118 Å². The van der Waals surface area contributed by atoms with Crippen molar-refractivity contribution in [1.29, 1.82) is 0 Å². The van der Waals surface area contributed by atoms with E-state index in [4.69, 9.17) is 4.55 Å². The van der Waals surface area contributed by atoms with E-state index in [0.29, 0.717) is 5.56 Å². The zero-order valence-corrected chi connectivity index (χ0v) is 10.7. The number of aromatic hydroxyl groups is 1. The minimum absolute atomic E-state index is 0.126. The highest BCUT2D eigenvalue weighted by Gasteiger charge is 2.18. The largest absolute Gasteiger partial charge is 0.506 e. The number of phenolic OH excluding ortho intramolecular Hbond substituents is 1. The third-order valence-electron chi connectivity index (χ3n) is 2.67. The summed E-state index contributed by atoms with van der Waals surface area (Å²) < 4.78 is 31.2. The molecule has 0 aliphatic heterocycles. The SMILES string of the molecule is O=[N+]([O-])c1ccc(-c2cccc(S(=O)(=O)O)c2O)cc1. The second kappa shape index (κ2) is 4.91. The van der Waals surface area contributed by atoms with Gasteiger partial charge in [-0.15, -0.1) is 0 Å². The van der Waals surface area contributed by atoms with Crippen molar-refractivity contribution in [3.05, 3.63) is 52.6 Å². The Labute approximate surface area is 114 Å². The van der Waals surface area contributed by atoms with Crippen molar-refractivity contribution in [3.8, 4) is 16.9 Å². The number of para-hydroxylation sites is 1. The van der Waals surface area contributed by atoms with Crippen LogP contribution < -0.4 is 0 Å². The lowest BCUT2D eigenvalue weighted by Gasteiger charge is -2.07. The zero-order chi connectivity index (χ0) is 14.9. The van der Waals surface area contributed by atoms with Crippen LogP contribution in [0.15, 0.2) is 47.4 Å². The van der Waals surface area contributed by atoms with Crippen molar-refractivity contribution in [1.82, 2.24) is 0 Å². The first-order valence-corrected chi connectivity index (χ1v) is 6.79. The van der Waals surface area contributed by atoms with E-state index < -0.39 is 25.7 Å². The molecule has 0 fully saturated rings. The van der Waals surface area contributed by atoms with Crippen LogP contribution >= 0.6 is 0 Å². The summed E-state index contributed by atoms with van der Waals surface area (Å²) in [6.07, 6.45) is 0. The number of phenols is 1. The third-order valence-corrected chi connectivity index (χ3v) is 3.55. The summed E-state index contributed by atoms with van der Waals surface area (Å²) >= 11 is 0. The second-order valence-electron chi connectivity index (χ2n) is 3.93. The van der Waals surface area contributed by atoms with Crippen LogP contribution in [-0.4, -0.2) is 23.0 Å². The molecule has 0 aliphatic carbocycles. The Morgan fingerprint density at radius 1 is 1.05 bits per heavy atom. The van der Waals surface area contributed by atoms with Gasteiger partial charge in [0.1, 0.15) is 10.6 Å². The fraction of sp³-hybridized carbons (Fsp3) is 0. The standard InChI is InChI=1S/C12H9NO6S/c14-12-10(2-1-3-11(12)20(17,18)19)8-4-6-9(7-5-8)13(15)16/h1-7,14H,(H,17,18,19). The van der Waals surface area contributed by atoms with Crippen LogP contribution in [0.3, 0.4) is 0 Å². The molecule has 0 amide bonds. The Hall–Kier alpha value is -2.45. The van der Waals surface area contributed by atoms with Gasteiger partial charge in [0.2, 0.25) is 0 Å². The molecule has 2 rings (SSSR count). The molecule has 2 aromatic carbocycles. The predicted molar refractivity (Wildman–Crippen MR) is 70.0 cm³/mol. The first-order chi connectivity index (χ1) is 9.30. The smallest absolute Gasteiger partial charge is 0.298 e. The van der Waals surface area contributed by atoms with Crippen LogP contribution in [0.2, 0.25) is 0 Å². The second-order valence-corrected chi connectivity index (χ2v) is 5.32. The molecule has 0 heterocycles. The molecule has 0 atom stereocenters. The predicted octanol–water partition coefficient (Wildman–Crippen LogP) is 2.21. The molecular formula is C12H9NO6S. The van der Waals surface area contributed by atoms with Crippen molar-refractivity contribution in [2.75, 3.05) is 0 Å². The Bertz CT molecular complexity index is 767. The summed E-state index contributed by atoms with van der Waals surface area (Å²) in [5, 5.41) is 20.4. The number of nitrogens with zero attached hydrogens (tertiary/aromatic N) is 1. The number of hydrogen-bond donors (Lipinski definition) is 2. The van der Waals surface area contributed by atoms with Gasteiger partial charge in [-0.1, -0.05) is 12.1 Å². The Kier molecular flexibility index (Phi) is 3.43. The summed E-state index contributed by atoms with van der Waals surface area (Å²) in [7, 11) is -4.54. The summed E-state index contributed by atoms with van der Waals surface area (Å²) in [4.78, 5) is 9.36. The first-order valence-electron chi connectivity index (χ1n) is 5.35. The van der Waals surface area contributed by atoms with E-state index in [-0.39, 0.29) is 11.3 Å². The molecule has 0 spiro atoms. The number of benzene rings is 2. The van der Waals surface area contributed by atoms with Crippen LogP contribution in [0.1, 0.15) is 0 Å². The van der Waals surface area contributed by atoms with Gasteiger partial charge in [0.25, 0.3) is 15.8 Å². The molecule has 0 unspecified atom stereocenters. The Balaban J connectivity index is 2.56. The van der Waals surface area contributed by atoms with Gasteiger partial charge >= 0.3 is 0 Å². The maximum atomic E-state index is 11.1. The van der Waals surface area contributed by atoms with E-state index in [2.05, 4.69) is 0 Å². The number of rotatable bonds is 3. The fourth-order valence-corrected chi connectivity index (χ4v) is 2.33. The zero-order valence-electron chi connectivity index (χ0n) is 9.92. The molecule has 0 radical (unpaired) electrons. The van der Waals surface area contributed by atoms with Crippen LogP contribution in [0.4, 0.5) is 5.69 Å². The molecular weight excluding hydrogens is 286 g/mol. The lowest BCUT2D eigenvalue weighted by Crippen LogP contribution is -1.99. The normalized spacial score (nSPS) is 11.2. The maximum absolute atomic E-state index is 11.1. The molecule has 0 bridgehead atoms. The van der Waals surface area contributed by atoms with Crippen LogP contribution in [0.25, 0.3) is 11.1 Å². The Morgan fingerprint density at radius 3 is 2.15 bits per heavy atom. The van der Waals surface area contributed by atoms with Gasteiger partial charge in [0, 0.05) is 17.7 Å². The third kappa shape index (κ3) is 2.60. The first kappa shape index (κ1) is 14.0. The van der Waals surface area contributed by atoms with Crippen LogP contribution in [0, 0.1) is 10.1 Å². The van der Waals surface area contributed by atoms with Gasteiger partial charge in [-0.2, -0.15) is 8.42 Å². The molecule has 104 valence electrons. The number of hydrogen-bond acceptors (Lipinski definition) is 5. The van der Waals surface area contributed by atoms with Gasteiger partial charge in [0.15, 0.2) is 0 Å². The van der Waals surface area contributed by atoms with E-state index in [1.807, 2.05) is 0 Å². The van der Waals surface area contributed by atoms with Gasteiger partial charge in [0.05, 0.1) is 4.92 Å². The van der Waals surface area contributed by atoms with Crippen LogP contribution in [0.5, 0.6) is 5.75 Å². The van der Waals surface area contributed by atoms with E-state index in [0.717, 1.165) is 6.07 Å². The monoisotopic (exact) mass is 295 g/mol. The van der Waals surface area contributed by atoms with Crippen molar-refractivity contribution in [2.24, 2.45) is 0 Å². The molecule has 7 nitrogen and oxygen atoms in total. The summed E-state index contributed by atoms with van der Waals surface area (Å²) in [5.74, 6) is -0.608. The highest BCUT2D eigenvalue weighted by molar-refractivity contribution is 7.86. The number of nitro benzene ring substituents is 1. The lowest BCUT2D eigenvalue weighted by atomic mass is 10.0. The van der Waals surface area contributed by atoms with E-state index in [1.54, 1.807) is 0 Å². The average Bonchev–Trinajstić information content (AvgIpc) is 2.37. The fourth-order valence-electron chi connectivity index (χ4n) is 1.73. The number of nitro groups is 1. The van der Waals surface area contributed by atoms with Crippen molar-refractivity contribution >= 4 is 15.8 Å². The molecule has 8 heteroatoms. The highest BCUT2D eigenvalue weighted by atomic mass is 32.2. The van der Waals surface area contributed by atoms with E-state index in [1.165, 1.54) is 36.4 Å². The van der Waals surface area contributed by atoms with Gasteiger partial charge < -0.3 is 5.11 Å². The van der Waals surface area contributed by atoms with Crippen molar-refractivity contribution in [3.63, 3.8) is 0 Å². The Morgan fingerprint density at radius 2 is 1.65 bits per heavy atom. The molecule has 2 aromatic rings. The molecule has 0 saturated heterocycles. The van der Waals surface area contributed by atoms with Gasteiger partial charge in [-0.3, -0.25) is 14.7 Å².